The molecule has 1 aromatic rings. The highest BCUT2D eigenvalue weighted by Crippen LogP contribution is 2.33. The van der Waals surface area contributed by atoms with Gasteiger partial charge in [-0.25, -0.2) is 13.8 Å². The molecule has 0 aliphatic carbocycles. The fourth-order valence-corrected chi connectivity index (χ4v) is 1.57. The number of rotatable bonds is 2. The first-order valence-corrected chi connectivity index (χ1v) is 5.47. The smallest absolute Gasteiger partial charge is 0.387 e. The molecule has 1 heterocycles. The normalized spacial score (nSPS) is 12.0. The number of aromatic nitrogens is 1. The van der Waals surface area contributed by atoms with E-state index in [-0.39, 0.29) is 8.04 Å². The van der Waals surface area contributed by atoms with Crippen LogP contribution in [0.1, 0.15) is 12.1 Å². The second-order valence-electron chi connectivity index (χ2n) is 2.50. The van der Waals surface area contributed by atoms with E-state index in [0.717, 1.165) is 6.07 Å². The Labute approximate surface area is 108 Å². The highest BCUT2D eigenvalue weighted by Gasteiger charge is 2.33. The molecule has 0 aliphatic heterocycles. The van der Waals surface area contributed by atoms with E-state index in [0.29, 0.717) is 0 Å². The lowest BCUT2D eigenvalue weighted by atomic mass is 10.3. The topological polar surface area (TPSA) is 22.1 Å². The summed E-state index contributed by atoms with van der Waals surface area (Å²) in [5, 5.41) is 0. The van der Waals surface area contributed by atoms with Crippen LogP contribution in [0.2, 0.25) is 0 Å². The van der Waals surface area contributed by atoms with E-state index in [9.17, 15) is 22.0 Å². The van der Waals surface area contributed by atoms with Gasteiger partial charge in [-0.3, -0.25) is 0 Å². The van der Waals surface area contributed by atoms with Gasteiger partial charge >= 0.3 is 6.36 Å². The van der Waals surface area contributed by atoms with Gasteiger partial charge in [-0.2, -0.15) is 0 Å². The summed E-state index contributed by atoms with van der Waals surface area (Å²) in [5.74, 6) is -0.891. The van der Waals surface area contributed by atoms with Gasteiger partial charge in [-0.15, -0.1) is 13.2 Å². The van der Waals surface area contributed by atoms with Crippen LogP contribution in [0, 0.1) is 3.57 Å². The van der Waals surface area contributed by atoms with Crippen LogP contribution >= 0.6 is 38.5 Å². The van der Waals surface area contributed by atoms with E-state index in [1.165, 1.54) is 22.6 Å². The van der Waals surface area contributed by atoms with Crippen molar-refractivity contribution in [2.45, 2.75) is 12.8 Å². The second kappa shape index (κ2) is 4.98. The Kier molecular flexibility index (Phi) is 4.32. The van der Waals surface area contributed by atoms with Crippen molar-refractivity contribution >= 4 is 38.5 Å². The molecule has 1 rings (SSSR count). The van der Waals surface area contributed by atoms with Gasteiger partial charge < -0.3 is 4.74 Å². The van der Waals surface area contributed by atoms with Crippen LogP contribution in [-0.4, -0.2) is 11.3 Å². The summed E-state index contributed by atoms with van der Waals surface area (Å²) in [4.78, 5) is 3.09. The molecule has 0 aromatic carbocycles. The zero-order valence-electron chi connectivity index (χ0n) is 7.16. The Morgan fingerprint density at radius 1 is 1.38 bits per heavy atom. The number of hydrogen-bond acceptors (Lipinski definition) is 2. The number of alkyl halides is 5. The maximum absolute atomic E-state index is 12.3. The van der Waals surface area contributed by atoms with Crippen molar-refractivity contribution in [3.8, 4) is 5.88 Å². The zero-order chi connectivity index (χ0) is 12.5. The molecule has 0 aliphatic rings. The van der Waals surface area contributed by atoms with Gasteiger partial charge in [0.1, 0.15) is 5.69 Å². The summed E-state index contributed by atoms with van der Waals surface area (Å²) in [6, 6.07) is 0.940. The van der Waals surface area contributed by atoms with Gasteiger partial charge in [0.15, 0.2) is 0 Å². The Morgan fingerprint density at radius 2 is 1.94 bits per heavy atom. The van der Waals surface area contributed by atoms with Crippen LogP contribution in [0.15, 0.2) is 10.5 Å². The molecule has 0 atom stereocenters. The number of nitrogens with zero attached hydrogens (tertiary/aromatic N) is 1. The van der Waals surface area contributed by atoms with Crippen molar-refractivity contribution in [3.05, 3.63) is 19.8 Å². The van der Waals surface area contributed by atoms with E-state index in [2.05, 4.69) is 25.7 Å². The van der Waals surface area contributed by atoms with Gasteiger partial charge in [-0.1, -0.05) is 0 Å². The third-order valence-corrected chi connectivity index (χ3v) is 3.75. The highest BCUT2D eigenvalue weighted by molar-refractivity contribution is 14.1. The number of ether oxygens (including phenoxy) is 1. The van der Waals surface area contributed by atoms with Crippen LogP contribution in [-0.2, 0) is 0 Å². The van der Waals surface area contributed by atoms with E-state index in [4.69, 9.17) is 0 Å². The predicted molar refractivity (Wildman–Crippen MR) is 56.3 cm³/mol. The first kappa shape index (κ1) is 13.9. The first-order valence-electron chi connectivity index (χ1n) is 3.60. The third-order valence-electron chi connectivity index (χ3n) is 1.34. The van der Waals surface area contributed by atoms with Gasteiger partial charge in [0.05, 0.1) is 3.57 Å². The molecular weight excluding hydrogens is 416 g/mol. The maximum Gasteiger partial charge on any atom is 0.574 e. The molecule has 0 N–H and O–H groups in total. The Bertz CT molecular complexity index is 397. The molecule has 2 nitrogen and oxygen atoms in total. The fourth-order valence-electron chi connectivity index (χ4n) is 0.783. The molecule has 16 heavy (non-hydrogen) atoms. The first-order chi connectivity index (χ1) is 7.20. The Hall–Kier alpha value is -0.190. The van der Waals surface area contributed by atoms with E-state index in [1.54, 1.807) is 0 Å². The summed E-state index contributed by atoms with van der Waals surface area (Å²) in [6.07, 6.45) is -7.93. The predicted octanol–water partition coefficient (Wildman–Crippen LogP) is 4.28. The van der Waals surface area contributed by atoms with Crippen molar-refractivity contribution in [3.63, 3.8) is 0 Å². The molecule has 1 aromatic heterocycles. The third kappa shape index (κ3) is 3.68. The minimum absolute atomic E-state index is 0.0284. The van der Waals surface area contributed by atoms with Crippen molar-refractivity contribution in [2.75, 3.05) is 0 Å². The molecule has 0 radical (unpaired) electrons. The average molecular weight is 418 g/mol. The highest BCUT2D eigenvalue weighted by atomic mass is 127. The molecule has 0 unspecified atom stereocenters. The van der Waals surface area contributed by atoms with Crippen molar-refractivity contribution in [2.24, 2.45) is 0 Å². The summed E-state index contributed by atoms with van der Waals surface area (Å²) >= 11 is 4.35. The zero-order valence-corrected chi connectivity index (χ0v) is 10.9. The lowest BCUT2D eigenvalue weighted by Crippen LogP contribution is -2.19. The average Bonchev–Trinajstić information content (AvgIpc) is 2.10. The summed E-state index contributed by atoms with van der Waals surface area (Å²) in [7, 11) is 0. The largest absolute Gasteiger partial charge is 0.574 e. The lowest BCUT2D eigenvalue weighted by molar-refractivity contribution is -0.276. The monoisotopic (exact) mass is 417 g/mol. The van der Waals surface area contributed by atoms with Gasteiger partial charge in [0, 0.05) is 4.47 Å². The molecule has 0 fully saturated rings. The number of pyridine rings is 1. The molecule has 0 saturated heterocycles. The Morgan fingerprint density at radius 3 is 2.38 bits per heavy atom. The molecule has 0 spiro atoms. The van der Waals surface area contributed by atoms with Crippen molar-refractivity contribution < 1.29 is 26.7 Å². The van der Waals surface area contributed by atoms with Gasteiger partial charge in [0.25, 0.3) is 6.43 Å². The van der Waals surface area contributed by atoms with E-state index < -0.39 is 24.4 Å². The van der Waals surface area contributed by atoms with E-state index in [1.807, 2.05) is 0 Å². The SMILES string of the molecule is FC(F)c1cc(Br)c(I)c(OC(F)(F)F)n1. The quantitative estimate of drug-likeness (QED) is 0.529. The van der Waals surface area contributed by atoms with Crippen molar-refractivity contribution in [1.82, 2.24) is 4.98 Å². The molecule has 0 saturated carbocycles. The van der Waals surface area contributed by atoms with E-state index >= 15 is 0 Å². The summed E-state index contributed by atoms with van der Waals surface area (Å²) in [5.41, 5.74) is -0.786. The molecule has 9 heteroatoms. The van der Waals surface area contributed by atoms with Crippen LogP contribution in [0.3, 0.4) is 0 Å². The standard InChI is InChI=1S/C7H2BrF5INO/c8-2-1-3(5(9)10)15-6(4(2)14)16-7(11,12)13/h1,5H. The van der Waals surface area contributed by atoms with Crippen molar-refractivity contribution in [1.29, 1.82) is 0 Å². The minimum Gasteiger partial charge on any atom is -0.387 e. The van der Waals surface area contributed by atoms with Crippen LogP contribution in [0.5, 0.6) is 5.88 Å². The van der Waals surface area contributed by atoms with Crippen LogP contribution in [0.25, 0.3) is 0 Å². The maximum atomic E-state index is 12.3. The molecular formula is C7H2BrF5INO. The number of halogens is 7. The van der Waals surface area contributed by atoms with Crippen LogP contribution < -0.4 is 4.74 Å². The van der Waals surface area contributed by atoms with Gasteiger partial charge in [0.2, 0.25) is 5.88 Å². The van der Waals surface area contributed by atoms with Gasteiger partial charge in [-0.05, 0) is 44.6 Å². The molecule has 0 amide bonds. The number of hydrogen-bond donors (Lipinski definition) is 0. The van der Waals surface area contributed by atoms with Crippen LogP contribution in [0.4, 0.5) is 22.0 Å². The molecule has 0 bridgehead atoms. The molecule has 90 valence electrons. The summed E-state index contributed by atoms with van der Waals surface area (Å²) in [6.45, 7) is 0. The Balaban J connectivity index is 3.17. The fraction of sp³-hybridized carbons (Fsp3) is 0.286. The minimum atomic E-state index is -4.97. The lowest BCUT2D eigenvalue weighted by Gasteiger charge is -2.11. The summed E-state index contributed by atoms with van der Waals surface area (Å²) < 4.78 is 63.9. The second-order valence-corrected chi connectivity index (χ2v) is 4.43.